The summed E-state index contributed by atoms with van der Waals surface area (Å²) >= 11 is 1.86. The van der Waals surface area contributed by atoms with Crippen LogP contribution in [0.1, 0.15) is 0 Å². The third kappa shape index (κ3) is 4.70. The number of fused-ring (bicyclic) bond motifs is 11. The molecule has 3 nitrogen and oxygen atoms in total. The Morgan fingerprint density at radius 2 is 1.05 bits per heavy atom. The molecular formula is C52H32N2OS. The van der Waals surface area contributed by atoms with E-state index in [1.807, 2.05) is 11.3 Å². The lowest BCUT2D eigenvalue weighted by atomic mass is 10.0. The minimum Gasteiger partial charge on any atom is -0.453 e. The third-order valence-corrected chi connectivity index (χ3v) is 12.5. The predicted molar refractivity (Wildman–Crippen MR) is 239 cm³/mol. The van der Waals surface area contributed by atoms with E-state index in [2.05, 4.69) is 204 Å². The van der Waals surface area contributed by atoms with Crippen molar-refractivity contribution in [3.63, 3.8) is 0 Å². The number of hydrogen-bond donors (Lipinski definition) is 0. The molecule has 0 atom stereocenters. The minimum atomic E-state index is 0.866. The predicted octanol–water partition coefficient (Wildman–Crippen LogP) is 15.3. The summed E-state index contributed by atoms with van der Waals surface area (Å²) in [6, 6.07) is 70.1. The molecule has 9 aromatic carbocycles. The molecule has 0 aliphatic heterocycles. The molecule has 0 amide bonds. The van der Waals surface area contributed by atoms with Crippen LogP contribution in [-0.2, 0) is 0 Å². The average Bonchev–Trinajstić information content (AvgIpc) is 3.94. The number of rotatable bonds is 5. The van der Waals surface area contributed by atoms with Gasteiger partial charge in [0.05, 0.1) is 11.2 Å². The topological polar surface area (TPSA) is 21.3 Å². The highest BCUT2D eigenvalue weighted by Gasteiger charge is 2.22. The van der Waals surface area contributed by atoms with Gasteiger partial charge in [-0.1, -0.05) is 127 Å². The summed E-state index contributed by atoms with van der Waals surface area (Å²) in [4.78, 5) is 3.60. The zero-order valence-corrected chi connectivity index (χ0v) is 31.0. The molecule has 4 heteroatoms. The zero-order valence-electron chi connectivity index (χ0n) is 30.2. The van der Waals surface area contributed by atoms with Crippen LogP contribution in [0.2, 0.25) is 0 Å². The summed E-state index contributed by atoms with van der Waals surface area (Å²) in [5.41, 5.74) is 9.60. The SMILES string of the molecule is c1ccc2cc(-c3ccc(N(c4ccc(-n5c6ccccc6c6c7ccccc7sc65)cc4)c4cccc5c4oc4c6ccccc6ccc54)cc3)ccc2c1. The molecule has 12 rings (SSSR count). The molecule has 0 saturated heterocycles. The summed E-state index contributed by atoms with van der Waals surface area (Å²) in [7, 11) is 0. The fourth-order valence-electron chi connectivity index (χ4n) is 8.73. The Morgan fingerprint density at radius 3 is 1.89 bits per heavy atom. The molecule has 0 spiro atoms. The molecule has 0 N–H and O–H groups in total. The van der Waals surface area contributed by atoms with Crippen LogP contribution < -0.4 is 4.90 Å². The van der Waals surface area contributed by atoms with Crippen LogP contribution in [-0.4, -0.2) is 4.57 Å². The van der Waals surface area contributed by atoms with Gasteiger partial charge in [-0.05, 0) is 94.0 Å². The van der Waals surface area contributed by atoms with Gasteiger partial charge in [0.1, 0.15) is 10.4 Å². The molecule has 0 unspecified atom stereocenters. The van der Waals surface area contributed by atoms with E-state index >= 15 is 0 Å². The van der Waals surface area contributed by atoms with Gasteiger partial charge < -0.3 is 13.9 Å². The van der Waals surface area contributed by atoms with Gasteiger partial charge in [0.25, 0.3) is 0 Å². The van der Waals surface area contributed by atoms with E-state index in [9.17, 15) is 0 Å². The Bertz CT molecular complexity index is 3480. The first-order valence-corrected chi connectivity index (χ1v) is 19.8. The number of benzene rings is 9. The Labute approximate surface area is 326 Å². The van der Waals surface area contributed by atoms with Gasteiger partial charge in [-0.25, -0.2) is 0 Å². The second-order valence-corrected chi connectivity index (χ2v) is 15.5. The number of anilines is 3. The lowest BCUT2D eigenvalue weighted by molar-refractivity contribution is 0.673. The average molecular weight is 733 g/mol. The second-order valence-electron chi connectivity index (χ2n) is 14.5. The Kier molecular flexibility index (Phi) is 6.80. The molecule has 0 aliphatic rings. The van der Waals surface area contributed by atoms with E-state index in [-0.39, 0.29) is 0 Å². The summed E-state index contributed by atoms with van der Waals surface area (Å²) in [5.74, 6) is 0. The largest absolute Gasteiger partial charge is 0.453 e. The van der Waals surface area contributed by atoms with Crippen molar-refractivity contribution in [3.8, 4) is 16.8 Å². The van der Waals surface area contributed by atoms with Crippen molar-refractivity contribution in [2.24, 2.45) is 0 Å². The first-order valence-electron chi connectivity index (χ1n) is 19.0. The molecule has 56 heavy (non-hydrogen) atoms. The standard InChI is InChI=1S/C52H32N2OS/c1-2-12-36-32-37(21-20-33(36)10-1)34-22-25-38(26-23-34)53(47-18-9-16-42-43-31-24-35-11-3-4-13-41(35)50(43)55-51(42)47)39-27-29-40(30-28-39)54-46-17-7-5-14-44(46)49-45-15-6-8-19-48(45)56-52(49)54/h1-32H. The van der Waals surface area contributed by atoms with Gasteiger partial charge in [0, 0.05) is 54.1 Å². The lowest BCUT2D eigenvalue weighted by Crippen LogP contribution is -2.10. The molecule has 0 fully saturated rings. The van der Waals surface area contributed by atoms with Crippen molar-refractivity contribution in [1.29, 1.82) is 0 Å². The van der Waals surface area contributed by atoms with Crippen molar-refractivity contribution in [2.45, 2.75) is 0 Å². The highest BCUT2D eigenvalue weighted by molar-refractivity contribution is 7.25. The van der Waals surface area contributed by atoms with Gasteiger partial charge in [0.15, 0.2) is 5.58 Å². The minimum absolute atomic E-state index is 0.866. The molecule has 0 saturated carbocycles. The number of hydrogen-bond acceptors (Lipinski definition) is 3. The van der Waals surface area contributed by atoms with Crippen molar-refractivity contribution in [1.82, 2.24) is 4.57 Å². The number of aromatic nitrogens is 1. The zero-order chi connectivity index (χ0) is 36.7. The quantitative estimate of drug-likeness (QED) is 0.176. The number of furan rings is 1. The van der Waals surface area contributed by atoms with E-state index in [1.165, 1.54) is 58.5 Å². The maximum atomic E-state index is 6.92. The summed E-state index contributed by atoms with van der Waals surface area (Å²) < 4.78 is 10.6. The molecule has 3 heterocycles. The first-order chi connectivity index (χ1) is 27.8. The summed E-state index contributed by atoms with van der Waals surface area (Å²) in [5, 5.41) is 10.9. The van der Waals surface area contributed by atoms with Gasteiger partial charge in [0.2, 0.25) is 0 Å². The van der Waals surface area contributed by atoms with Crippen LogP contribution in [0, 0.1) is 0 Å². The molecule has 0 aliphatic carbocycles. The van der Waals surface area contributed by atoms with E-state index in [1.54, 1.807) is 0 Å². The number of nitrogens with zero attached hydrogens (tertiary/aromatic N) is 2. The lowest BCUT2D eigenvalue weighted by Gasteiger charge is -2.26. The van der Waals surface area contributed by atoms with Crippen LogP contribution in [0.5, 0.6) is 0 Å². The molecule has 0 radical (unpaired) electrons. The van der Waals surface area contributed by atoms with E-state index < -0.39 is 0 Å². The number of para-hydroxylation sites is 2. The molecule has 3 aromatic heterocycles. The first kappa shape index (κ1) is 31.2. The Morgan fingerprint density at radius 1 is 0.429 bits per heavy atom. The van der Waals surface area contributed by atoms with Crippen molar-refractivity contribution in [3.05, 3.63) is 194 Å². The summed E-state index contributed by atoms with van der Waals surface area (Å²) in [6.07, 6.45) is 0. The van der Waals surface area contributed by atoms with Crippen LogP contribution in [0.25, 0.3) is 91.5 Å². The van der Waals surface area contributed by atoms with Crippen LogP contribution in [0.3, 0.4) is 0 Å². The van der Waals surface area contributed by atoms with Crippen molar-refractivity contribution in [2.75, 3.05) is 4.90 Å². The fourth-order valence-corrected chi connectivity index (χ4v) is 9.99. The summed E-state index contributed by atoms with van der Waals surface area (Å²) in [6.45, 7) is 0. The maximum Gasteiger partial charge on any atom is 0.159 e. The highest BCUT2D eigenvalue weighted by atomic mass is 32.1. The number of thiophene rings is 1. The van der Waals surface area contributed by atoms with Crippen LogP contribution in [0.4, 0.5) is 17.1 Å². The fraction of sp³-hybridized carbons (Fsp3) is 0. The normalized spacial score (nSPS) is 11.9. The van der Waals surface area contributed by atoms with E-state index in [0.29, 0.717) is 0 Å². The molecular weight excluding hydrogens is 701 g/mol. The smallest absolute Gasteiger partial charge is 0.159 e. The van der Waals surface area contributed by atoms with E-state index in [0.717, 1.165) is 50.1 Å². The second kappa shape index (κ2) is 12.2. The highest BCUT2D eigenvalue weighted by Crippen LogP contribution is 2.46. The van der Waals surface area contributed by atoms with Gasteiger partial charge in [-0.2, -0.15) is 0 Å². The monoisotopic (exact) mass is 732 g/mol. The third-order valence-electron chi connectivity index (χ3n) is 11.4. The van der Waals surface area contributed by atoms with Crippen molar-refractivity contribution < 1.29 is 4.42 Å². The van der Waals surface area contributed by atoms with Crippen LogP contribution >= 0.6 is 11.3 Å². The molecule has 262 valence electrons. The van der Waals surface area contributed by atoms with Crippen molar-refractivity contribution >= 4 is 103 Å². The maximum absolute atomic E-state index is 6.92. The Hall–Kier alpha value is -7.14. The van der Waals surface area contributed by atoms with Gasteiger partial charge in [-0.3, -0.25) is 0 Å². The van der Waals surface area contributed by atoms with Gasteiger partial charge >= 0.3 is 0 Å². The Balaban J connectivity index is 1.04. The molecule has 0 bridgehead atoms. The van der Waals surface area contributed by atoms with Gasteiger partial charge in [-0.15, -0.1) is 11.3 Å². The van der Waals surface area contributed by atoms with E-state index in [4.69, 9.17) is 4.42 Å². The van der Waals surface area contributed by atoms with Crippen LogP contribution in [0.15, 0.2) is 199 Å². The molecule has 12 aromatic rings.